The van der Waals surface area contributed by atoms with Crippen LogP contribution in [0.2, 0.25) is 0 Å². The molecule has 0 saturated carbocycles. The first-order chi connectivity index (χ1) is 8.22. The van der Waals surface area contributed by atoms with E-state index in [-0.39, 0.29) is 11.9 Å². The molecule has 1 unspecified atom stereocenters. The standard InChI is InChI=1S/C14H15FN2/c1-2-10-5-3-4-6-13(10)14(16)11-7-12(15)9-17-8-11/h3-9,14H,2,16H2,1H3. The first-order valence-corrected chi connectivity index (χ1v) is 5.66. The number of nitrogens with two attached hydrogens (primary N) is 1. The Bertz CT molecular complexity index is 511. The Hall–Kier alpha value is -1.74. The molecule has 0 spiro atoms. The van der Waals surface area contributed by atoms with E-state index in [1.54, 1.807) is 6.20 Å². The normalized spacial score (nSPS) is 12.4. The van der Waals surface area contributed by atoms with Crippen LogP contribution in [-0.2, 0) is 6.42 Å². The monoisotopic (exact) mass is 230 g/mol. The van der Waals surface area contributed by atoms with E-state index >= 15 is 0 Å². The highest BCUT2D eigenvalue weighted by Gasteiger charge is 2.12. The zero-order valence-corrected chi connectivity index (χ0v) is 9.73. The molecule has 0 aliphatic heterocycles. The van der Waals surface area contributed by atoms with E-state index in [1.807, 2.05) is 24.3 Å². The third-order valence-electron chi connectivity index (χ3n) is 2.86. The van der Waals surface area contributed by atoms with Crippen molar-refractivity contribution in [3.8, 4) is 0 Å². The molecule has 0 aliphatic rings. The van der Waals surface area contributed by atoms with Gasteiger partial charge in [0.05, 0.1) is 12.2 Å². The van der Waals surface area contributed by atoms with Crippen molar-refractivity contribution < 1.29 is 4.39 Å². The molecule has 1 aromatic heterocycles. The number of aromatic nitrogens is 1. The van der Waals surface area contributed by atoms with Gasteiger partial charge in [-0.1, -0.05) is 31.2 Å². The minimum Gasteiger partial charge on any atom is -0.320 e. The summed E-state index contributed by atoms with van der Waals surface area (Å²) in [7, 11) is 0. The number of aryl methyl sites for hydroxylation is 1. The van der Waals surface area contributed by atoms with Crippen LogP contribution in [0.4, 0.5) is 4.39 Å². The highest BCUT2D eigenvalue weighted by Crippen LogP contribution is 2.23. The molecule has 2 N–H and O–H groups in total. The van der Waals surface area contributed by atoms with Crippen molar-refractivity contribution in [2.24, 2.45) is 5.73 Å². The van der Waals surface area contributed by atoms with Crippen LogP contribution < -0.4 is 5.73 Å². The van der Waals surface area contributed by atoms with Crippen molar-refractivity contribution in [3.05, 3.63) is 65.2 Å². The summed E-state index contributed by atoms with van der Waals surface area (Å²) in [5.41, 5.74) is 9.07. The van der Waals surface area contributed by atoms with Gasteiger partial charge in [-0.2, -0.15) is 0 Å². The summed E-state index contributed by atoms with van der Waals surface area (Å²) in [5, 5.41) is 0. The lowest BCUT2D eigenvalue weighted by Crippen LogP contribution is -2.14. The Morgan fingerprint density at radius 3 is 2.76 bits per heavy atom. The molecule has 0 saturated heterocycles. The Kier molecular flexibility index (Phi) is 3.49. The highest BCUT2D eigenvalue weighted by molar-refractivity contribution is 5.36. The second-order valence-corrected chi connectivity index (χ2v) is 3.97. The molecular weight excluding hydrogens is 215 g/mol. The van der Waals surface area contributed by atoms with Gasteiger partial charge in [0.2, 0.25) is 0 Å². The number of pyridine rings is 1. The average molecular weight is 230 g/mol. The predicted molar refractivity (Wildman–Crippen MR) is 66.0 cm³/mol. The van der Waals surface area contributed by atoms with Crippen molar-refractivity contribution in [3.63, 3.8) is 0 Å². The first kappa shape index (κ1) is 11.7. The van der Waals surface area contributed by atoms with Crippen LogP contribution in [0.1, 0.15) is 29.7 Å². The van der Waals surface area contributed by atoms with E-state index in [2.05, 4.69) is 11.9 Å². The maximum absolute atomic E-state index is 13.1. The minimum atomic E-state index is -0.355. The molecule has 0 radical (unpaired) electrons. The molecule has 0 bridgehead atoms. The second-order valence-electron chi connectivity index (χ2n) is 3.97. The Morgan fingerprint density at radius 2 is 2.06 bits per heavy atom. The third kappa shape index (κ3) is 2.50. The summed E-state index contributed by atoms with van der Waals surface area (Å²) >= 11 is 0. The fourth-order valence-corrected chi connectivity index (χ4v) is 1.94. The number of nitrogens with zero attached hydrogens (tertiary/aromatic N) is 1. The topological polar surface area (TPSA) is 38.9 Å². The molecule has 0 aliphatic carbocycles. The van der Waals surface area contributed by atoms with Crippen molar-refractivity contribution >= 4 is 0 Å². The summed E-state index contributed by atoms with van der Waals surface area (Å²) in [6.07, 6.45) is 3.70. The largest absolute Gasteiger partial charge is 0.320 e. The number of benzene rings is 1. The van der Waals surface area contributed by atoms with E-state index in [9.17, 15) is 4.39 Å². The van der Waals surface area contributed by atoms with Crippen molar-refractivity contribution in [2.45, 2.75) is 19.4 Å². The lowest BCUT2D eigenvalue weighted by molar-refractivity contribution is 0.616. The highest BCUT2D eigenvalue weighted by atomic mass is 19.1. The average Bonchev–Trinajstić information content (AvgIpc) is 2.38. The summed E-state index contributed by atoms with van der Waals surface area (Å²) < 4.78 is 13.1. The van der Waals surface area contributed by atoms with Crippen molar-refractivity contribution in [1.82, 2.24) is 4.98 Å². The van der Waals surface area contributed by atoms with Gasteiger partial charge in [0.1, 0.15) is 5.82 Å². The van der Waals surface area contributed by atoms with Gasteiger partial charge in [0.25, 0.3) is 0 Å². The van der Waals surface area contributed by atoms with Gasteiger partial charge >= 0.3 is 0 Å². The Morgan fingerprint density at radius 1 is 1.29 bits per heavy atom. The van der Waals surface area contributed by atoms with E-state index in [0.717, 1.165) is 12.0 Å². The van der Waals surface area contributed by atoms with Crippen molar-refractivity contribution in [1.29, 1.82) is 0 Å². The van der Waals surface area contributed by atoms with Gasteiger partial charge in [-0.3, -0.25) is 4.98 Å². The molecule has 0 fully saturated rings. The molecule has 2 rings (SSSR count). The van der Waals surface area contributed by atoms with Crippen LogP contribution in [0, 0.1) is 5.82 Å². The fourth-order valence-electron chi connectivity index (χ4n) is 1.94. The van der Waals surface area contributed by atoms with Gasteiger partial charge in [-0.05, 0) is 29.2 Å². The molecule has 1 atom stereocenters. The quantitative estimate of drug-likeness (QED) is 0.880. The third-order valence-corrected chi connectivity index (χ3v) is 2.86. The maximum Gasteiger partial charge on any atom is 0.141 e. The minimum absolute atomic E-state index is 0.325. The fraction of sp³-hybridized carbons (Fsp3) is 0.214. The number of halogens is 1. The van der Waals surface area contributed by atoms with Crippen LogP contribution in [0.3, 0.4) is 0 Å². The molecule has 88 valence electrons. The van der Waals surface area contributed by atoms with Crippen LogP contribution in [-0.4, -0.2) is 4.98 Å². The molecular formula is C14H15FN2. The lowest BCUT2D eigenvalue weighted by atomic mass is 9.95. The van der Waals surface area contributed by atoms with E-state index in [1.165, 1.54) is 17.8 Å². The molecule has 0 amide bonds. The number of hydrogen-bond acceptors (Lipinski definition) is 2. The Balaban J connectivity index is 2.40. The zero-order valence-electron chi connectivity index (χ0n) is 9.73. The SMILES string of the molecule is CCc1ccccc1C(N)c1cncc(F)c1. The summed E-state index contributed by atoms with van der Waals surface area (Å²) in [6.45, 7) is 2.08. The van der Waals surface area contributed by atoms with Gasteiger partial charge in [0, 0.05) is 6.20 Å². The van der Waals surface area contributed by atoms with E-state index < -0.39 is 0 Å². The maximum atomic E-state index is 13.1. The van der Waals surface area contributed by atoms with E-state index in [0.29, 0.717) is 5.56 Å². The molecule has 1 heterocycles. The van der Waals surface area contributed by atoms with Crippen LogP contribution in [0.5, 0.6) is 0 Å². The molecule has 17 heavy (non-hydrogen) atoms. The van der Waals surface area contributed by atoms with Crippen LogP contribution in [0.15, 0.2) is 42.7 Å². The molecule has 1 aromatic carbocycles. The predicted octanol–water partition coefficient (Wildman–Crippen LogP) is 2.83. The number of rotatable bonds is 3. The van der Waals surface area contributed by atoms with Crippen LogP contribution in [0.25, 0.3) is 0 Å². The van der Waals surface area contributed by atoms with Gasteiger partial charge in [0.15, 0.2) is 0 Å². The molecule has 2 aromatic rings. The van der Waals surface area contributed by atoms with Crippen LogP contribution >= 0.6 is 0 Å². The lowest BCUT2D eigenvalue weighted by Gasteiger charge is -2.15. The van der Waals surface area contributed by atoms with E-state index in [4.69, 9.17) is 5.73 Å². The zero-order chi connectivity index (χ0) is 12.3. The smallest absolute Gasteiger partial charge is 0.141 e. The van der Waals surface area contributed by atoms with Gasteiger partial charge < -0.3 is 5.73 Å². The molecule has 3 heteroatoms. The summed E-state index contributed by atoms with van der Waals surface area (Å²) in [4.78, 5) is 3.83. The van der Waals surface area contributed by atoms with Gasteiger partial charge in [-0.15, -0.1) is 0 Å². The second kappa shape index (κ2) is 5.06. The number of hydrogen-bond donors (Lipinski definition) is 1. The summed E-state index contributed by atoms with van der Waals surface area (Å²) in [5.74, 6) is -0.355. The summed E-state index contributed by atoms with van der Waals surface area (Å²) in [6, 6.07) is 9.06. The van der Waals surface area contributed by atoms with Gasteiger partial charge in [-0.25, -0.2) is 4.39 Å². The molecule has 2 nitrogen and oxygen atoms in total. The van der Waals surface area contributed by atoms with Crippen molar-refractivity contribution in [2.75, 3.05) is 0 Å². The first-order valence-electron chi connectivity index (χ1n) is 5.66. The Labute approximate surface area is 100 Å².